The van der Waals surface area contributed by atoms with Crippen molar-refractivity contribution in [2.45, 2.75) is 52.0 Å². The third-order valence-electron chi connectivity index (χ3n) is 3.55. The predicted molar refractivity (Wildman–Crippen MR) is 76.9 cm³/mol. The van der Waals surface area contributed by atoms with Crippen LogP contribution >= 0.6 is 0 Å². The van der Waals surface area contributed by atoms with E-state index in [1.165, 1.54) is 0 Å². The van der Waals surface area contributed by atoms with Crippen molar-refractivity contribution in [3.8, 4) is 0 Å². The Morgan fingerprint density at radius 3 is 2.05 bits per heavy atom. The van der Waals surface area contributed by atoms with Crippen LogP contribution in [-0.2, 0) is 10.0 Å². The second-order valence-corrected chi connectivity index (χ2v) is 6.71. The van der Waals surface area contributed by atoms with E-state index in [0.717, 1.165) is 22.3 Å². The van der Waals surface area contributed by atoms with Gasteiger partial charge in [-0.15, -0.1) is 0 Å². The fraction of sp³-hybridized carbons (Fsp3) is 0.571. The summed E-state index contributed by atoms with van der Waals surface area (Å²) in [4.78, 5) is 0.341. The molecule has 19 heavy (non-hydrogen) atoms. The Bertz CT molecular complexity index is 538. The first-order valence-electron chi connectivity index (χ1n) is 6.45. The summed E-state index contributed by atoms with van der Waals surface area (Å²) >= 11 is 0. The highest BCUT2D eigenvalue weighted by Gasteiger charge is 2.22. The zero-order valence-electron chi connectivity index (χ0n) is 12.2. The summed E-state index contributed by atoms with van der Waals surface area (Å²) < 4.78 is 27.2. The maximum absolute atomic E-state index is 12.4. The van der Waals surface area contributed by atoms with Crippen molar-refractivity contribution >= 4 is 10.0 Å². The van der Waals surface area contributed by atoms with Gasteiger partial charge in [-0.05, 0) is 56.4 Å². The molecule has 0 saturated carbocycles. The molecule has 0 aliphatic carbocycles. The molecule has 0 fully saturated rings. The Labute approximate surface area is 115 Å². The van der Waals surface area contributed by atoms with E-state index in [1.54, 1.807) is 0 Å². The van der Waals surface area contributed by atoms with E-state index in [9.17, 15) is 13.5 Å². The Balaban J connectivity index is 3.22. The fourth-order valence-electron chi connectivity index (χ4n) is 2.01. The van der Waals surface area contributed by atoms with Gasteiger partial charge >= 0.3 is 0 Å². The fourth-order valence-corrected chi connectivity index (χ4v) is 3.69. The van der Waals surface area contributed by atoms with Gasteiger partial charge in [0.25, 0.3) is 0 Å². The molecule has 108 valence electrons. The number of aliphatic hydroxyl groups is 1. The Hall–Kier alpha value is -0.910. The lowest BCUT2D eigenvalue weighted by Crippen LogP contribution is -2.32. The minimum atomic E-state index is -3.58. The van der Waals surface area contributed by atoms with Gasteiger partial charge in [0.1, 0.15) is 0 Å². The molecule has 4 nitrogen and oxygen atoms in total. The molecule has 0 amide bonds. The number of aliphatic hydroxyl groups excluding tert-OH is 1. The van der Waals surface area contributed by atoms with Gasteiger partial charge in [-0.1, -0.05) is 13.0 Å². The second-order valence-electron chi connectivity index (χ2n) is 5.00. The zero-order chi connectivity index (χ0) is 14.8. The molecule has 0 heterocycles. The number of nitrogens with one attached hydrogen (secondary N) is 1. The molecule has 0 aliphatic rings. The molecule has 0 aliphatic heterocycles. The average Bonchev–Trinajstić information content (AvgIpc) is 2.33. The number of hydrogen-bond donors (Lipinski definition) is 2. The van der Waals surface area contributed by atoms with Gasteiger partial charge in [0.15, 0.2) is 0 Å². The molecule has 1 aromatic rings. The van der Waals surface area contributed by atoms with Crippen LogP contribution < -0.4 is 4.72 Å². The predicted octanol–water partition coefficient (Wildman–Crippen LogP) is 1.97. The van der Waals surface area contributed by atoms with E-state index in [1.807, 2.05) is 40.7 Å². The van der Waals surface area contributed by atoms with Gasteiger partial charge in [-0.2, -0.15) is 0 Å². The number of rotatable bonds is 5. The third-order valence-corrected chi connectivity index (χ3v) is 5.24. The van der Waals surface area contributed by atoms with E-state index in [0.29, 0.717) is 11.3 Å². The molecular weight excluding hydrogens is 262 g/mol. The van der Waals surface area contributed by atoms with Crippen molar-refractivity contribution in [1.29, 1.82) is 0 Å². The smallest absolute Gasteiger partial charge is 0.241 e. The van der Waals surface area contributed by atoms with E-state index in [-0.39, 0.29) is 6.54 Å². The number of sulfonamides is 1. The standard InChI is InChI=1S/C14H23NO3S/c1-6-13(16)8-15-19(17,18)14-11(4)9(2)7-10(3)12(14)5/h7,13,15-16H,6,8H2,1-5H3. The minimum absolute atomic E-state index is 0.0463. The summed E-state index contributed by atoms with van der Waals surface area (Å²) in [6, 6.07) is 1.99. The van der Waals surface area contributed by atoms with Crippen LogP contribution in [0.2, 0.25) is 0 Å². The number of aryl methyl sites for hydroxylation is 2. The van der Waals surface area contributed by atoms with E-state index in [2.05, 4.69) is 4.72 Å². The maximum Gasteiger partial charge on any atom is 0.241 e. The molecule has 0 aromatic heterocycles. The Kier molecular flexibility index (Phi) is 5.12. The van der Waals surface area contributed by atoms with E-state index >= 15 is 0 Å². The molecule has 5 heteroatoms. The van der Waals surface area contributed by atoms with Gasteiger partial charge in [0.05, 0.1) is 11.0 Å². The van der Waals surface area contributed by atoms with Crippen LogP contribution in [0.25, 0.3) is 0 Å². The highest BCUT2D eigenvalue weighted by Crippen LogP contribution is 2.25. The number of hydrogen-bond acceptors (Lipinski definition) is 3. The normalized spacial score (nSPS) is 13.6. The van der Waals surface area contributed by atoms with Gasteiger partial charge in [-0.25, -0.2) is 13.1 Å². The molecule has 1 atom stereocenters. The summed E-state index contributed by atoms with van der Waals surface area (Å²) in [5.74, 6) is 0. The molecular formula is C14H23NO3S. The summed E-state index contributed by atoms with van der Waals surface area (Å²) in [6.45, 7) is 9.29. The van der Waals surface area contributed by atoms with Crippen molar-refractivity contribution < 1.29 is 13.5 Å². The molecule has 0 bridgehead atoms. The highest BCUT2D eigenvalue weighted by atomic mass is 32.2. The molecule has 2 N–H and O–H groups in total. The van der Waals surface area contributed by atoms with Crippen LogP contribution in [0.15, 0.2) is 11.0 Å². The SMILES string of the molecule is CCC(O)CNS(=O)(=O)c1c(C)c(C)cc(C)c1C. The largest absolute Gasteiger partial charge is 0.392 e. The van der Waals surface area contributed by atoms with Crippen LogP contribution in [0.1, 0.15) is 35.6 Å². The second kappa shape index (κ2) is 6.03. The first-order valence-corrected chi connectivity index (χ1v) is 7.94. The Morgan fingerprint density at radius 2 is 1.63 bits per heavy atom. The molecule has 0 spiro atoms. The van der Waals surface area contributed by atoms with Gasteiger partial charge in [0, 0.05) is 6.54 Å². The van der Waals surface area contributed by atoms with Crippen LogP contribution in [0.5, 0.6) is 0 Å². The van der Waals surface area contributed by atoms with Crippen molar-refractivity contribution in [3.05, 3.63) is 28.3 Å². The number of benzene rings is 1. The summed E-state index contributed by atoms with van der Waals surface area (Å²) in [7, 11) is -3.58. The topological polar surface area (TPSA) is 66.4 Å². The van der Waals surface area contributed by atoms with Gasteiger partial charge in [0.2, 0.25) is 10.0 Å². The molecule has 1 unspecified atom stereocenters. The molecule has 0 saturated heterocycles. The highest BCUT2D eigenvalue weighted by molar-refractivity contribution is 7.89. The summed E-state index contributed by atoms with van der Waals surface area (Å²) in [5.41, 5.74) is 3.45. The molecule has 0 radical (unpaired) electrons. The lowest BCUT2D eigenvalue weighted by Gasteiger charge is -2.17. The molecule has 1 rings (SSSR count). The van der Waals surface area contributed by atoms with Crippen LogP contribution in [0, 0.1) is 27.7 Å². The summed E-state index contributed by atoms with van der Waals surface area (Å²) in [5, 5.41) is 9.49. The van der Waals surface area contributed by atoms with Crippen molar-refractivity contribution in [2.24, 2.45) is 0 Å². The maximum atomic E-state index is 12.4. The minimum Gasteiger partial charge on any atom is -0.392 e. The van der Waals surface area contributed by atoms with Crippen molar-refractivity contribution in [1.82, 2.24) is 4.72 Å². The lowest BCUT2D eigenvalue weighted by atomic mass is 10.0. The average molecular weight is 285 g/mol. The van der Waals surface area contributed by atoms with E-state index < -0.39 is 16.1 Å². The zero-order valence-corrected chi connectivity index (χ0v) is 13.1. The van der Waals surface area contributed by atoms with Gasteiger partial charge in [-0.3, -0.25) is 0 Å². The van der Waals surface area contributed by atoms with Crippen molar-refractivity contribution in [2.75, 3.05) is 6.54 Å². The first-order chi connectivity index (χ1) is 8.70. The van der Waals surface area contributed by atoms with Gasteiger partial charge < -0.3 is 5.11 Å². The monoisotopic (exact) mass is 285 g/mol. The lowest BCUT2D eigenvalue weighted by molar-refractivity contribution is 0.174. The van der Waals surface area contributed by atoms with Crippen molar-refractivity contribution in [3.63, 3.8) is 0 Å². The summed E-state index contributed by atoms with van der Waals surface area (Å²) in [6.07, 6.45) is -0.130. The third kappa shape index (κ3) is 3.55. The Morgan fingerprint density at radius 1 is 1.16 bits per heavy atom. The van der Waals surface area contributed by atoms with Crippen LogP contribution in [0.4, 0.5) is 0 Å². The molecule has 1 aromatic carbocycles. The van der Waals surface area contributed by atoms with Crippen LogP contribution in [0.3, 0.4) is 0 Å². The van der Waals surface area contributed by atoms with Crippen LogP contribution in [-0.4, -0.2) is 26.2 Å². The quantitative estimate of drug-likeness (QED) is 0.869. The van der Waals surface area contributed by atoms with E-state index in [4.69, 9.17) is 0 Å². The first kappa shape index (κ1) is 16.1.